The molecule has 0 aromatic rings. The molecule has 0 aromatic carbocycles. The van der Waals surface area contributed by atoms with Crippen LogP contribution in [0.3, 0.4) is 0 Å². The lowest BCUT2D eigenvalue weighted by Crippen LogP contribution is -2.68. The minimum atomic E-state index is -1.74. The molecule has 3 N–H and O–H groups in total. The molecule has 0 bridgehead atoms. The third-order valence-corrected chi connectivity index (χ3v) is 1.52. The molecule has 1 unspecified atom stereocenters. The average Bonchev–Trinajstić information content (AvgIpc) is 2.03. The van der Waals surface area contributed by atoms with Crippen molar-refractivity contribution in [3.8, 4) is 0 Å². The predicted octanol–water partition coefficient (Wildman–Crippen LogP) is -4.16. The fourth-order valence-corrected chi connectivity index (χ4v) is 0.729. The highest BCUT2D eigenvalue weighted by Crippen LogP contribution is 1.97. The Bertz CT molecular complexity index is 225. The molecule has 0 aromatic heterocycles. The molecule has 0 radical (unpaired) electrons. The average molecular weight is 188 g/mol. The number of ketones is 1. The second kappa shape index (κ2) is 5.26. The summed E-state index contributed by atoms with van der Waals surface area (Å²) < 4.78 is 0. The van der Waals surface area contributed by atoms with Crippen LogP contribution in [0.4, 0.5) is 0 Å². The van der Waals surface area contributed by atoms with Crippen molar-refractivity contribution in [2.24, 2.45) is 0 Å². The summed E-state index contributed by atoms with van der Waals surface area (Å²) in [4.78, 5) is 30.5. The summed E-state index contributed by atoms with van der Waals surface area (Å²) in [5.41, 5.74) is 3.24. The summed E-state index contributed by atoms with van der Waals surface area (Å²) >= 11 is 0. The maximum Gasteiger partial charge on any atom is 0.178 e. The Morgan fingerprint density at radius 2 is 1.77 bits per heavy atom. The second-order valence-corrected chi connectivity index (χ2v) is 2.62. The molecular formula is C7H10NO5-. The van der Waals surface area contributed by atoms with Crippen molar-refractivity contribution >= 4 is 17.7 Å². The minimum Gasteiger partial charge on any atom is -0.544 e. The van der Waals surface area contributed by atoms with E-state index < -0.39 is 23.8 Å². The molecular weight excluding hydrogens is 178 g/mol. The molecule has 0 amide bonds. The maximum atomic E-state index is 10.4. The highest BCUT2D eigenvalue weighted by Gasteiger charge is 2.08. The van der Waals surface area contributed by atoms with Gasteiger partial charge in [-0.1, -0.05) is 0 Å². The third-order valence-electron chi connectivity index (χ3n) is 1.52. The molecule has 0 heterocycles. The summed E-state index contributed by atoms with van der Waals surface area (Å²) in [5, 5.41) is 20.0. The molecule has 6 heteroatoms. The fourth-order valence-electron chi connectivity index (χ4n) is 0.729. The van der Waals surface area contributed by atoms with Crippen molar-refractivity contribution in [3.63, 3.8) is 0 Å². The standard InChI is InChI=1S/C7H11NO5/c8-4(6(10)11)2-1-3-5(9)7(12)13/h4H,1-3,8H2,(H,10,11)(H,12,13)/p-1. The van der Waals surface area contributed by atoms with Gasteiger partial charge >= 0.3 is 0 Å². The summed E-state index contributed by atoms with van der Waals surface area (Å²) in [6.07, 6.45) is 0.0674. The van der Waals surface area contributed by atoms with Gasteiger partial charge in [0, 0.05) is 12.8 Å². The molecule has 0 rings (SSSR count). The van der Waals surface area contributed by atoms with Crippen molar-refractivity contribution in [2.45, 2.75) is 25.3 Å². The molecule has 0 saturated heterocycles. The number of carboxylic acid groups (broad SMARTS) is 2. The highest BCUT2D eigenvalue weighted by atomic mass is 16.4. The number of quaternary nitrogens is 1. The maximum absolute atomic E-state index is 10.4. The van der Waals surface area contributed by atoms with Gasteiger partial charge < -0.3 is 25.5 Å². The van der Waals surface area contributed by atoms with Crippen LogP contribution >= 0.6 is 0 Å². The van der Waals surface area contributed by atoms with Gasteiger partial charge in [0.05, 0.1) is 5.97 Å². The van der Waals surface area contributed by atoms with Gasteiger partial charge in [0.2, 0.25) is 0 Å². The van der Waals surface area contributed by atoms with E-state index in [0.29, 0.717) is 0 Å². The Morgan fingerprint density at radius 3 is 2.15 bits per heavy atom. The number of carbonyl (C=O) groups is 3. The first-order chi connectivity index (χ1) is 5.95. The molecule has 0 spiro atoms. The lowest BCUT2D eigenvalue weighted by atomic mass is 10.1. The predicted molar refractivity (Wildman–Crippen MR) is 35.5 cm³/mol. The van der Waals surface area contributed by atoms with Gasteiger partial charge in [-0.05, 0) is 6.42 Å². The monoisotopic (exact) mass is 188 g/mol. The number of aliphatic carboxylic acids is 2. The molecule has 6 nitrogen and oxygen atoms in total. The molecule has 13 heavy (non-hydrogen) atoms. The minimum absolute atomic E-state index is 0.126. The van der Waals surface area contributed by atoms with E-state index in [4.69, 9.17) is 0 Å². The Balaban J connectivity index is 3.62. The van der Waals surface area contributed by atoms with E-state index in [-0.39, 0.29) is 19.3 Å². The van der Waals surface area contributed by atoms with Crippen molar-refractivity contribution in [1.29, 1.82) is 0 Å². The van der Waals surface area contributed by atoms with Crippen LogP contribution in [0.25, 0.3) is 0 Å². The van der Waals surface area contributed by atoms with Crippen molar-refractivity contribution < 1.29 is 30.3 Å². The molecule has 0 saturated carbocycles. The Labute approximate surface area is 74.3 Å². The molecule has 0 aliphatic heterocycles. The zero-order valence-electron chi connectivity index (χ0n) is 6.95. The lowest BCUT2D eigenvalue weighted by Gasteiger charge is -2.08. The van der Waals surface area contributed by atoms with Crippen LogP contribution in [0.2, 0.25) is 0 Å². The second-order valence-electron chi connectivity index (χ2n) is 2.62. The van der Waals surface area contributed by atoms with Crippen LogP contribution in [0, 0.1) is 0 Å². The Morgan fingerprint density at radius 1 is 1.23 bits per heavy atom. The van der Waals surface area contributed by atoms with Crippen molar-refractivity contribution in [3.05, 3.63) is 0 Å². The summed E-state index contributed by atoms with van der Waals surface area (Å²) in [7, 11) is 0. The highest BCUT2D eigenvalue weighted by molar-refractivity contribution is 6.31. The smallest absolute Gasteiger partial charge is 0.178 e. The van der Waals surface area contributed by atoms with Crippen LogP contribution in [0.15, 0.2) is 0 Å². The Hall–Kier alpha value is -1.43. The molecule has 1 atom stereocenters. The first-order valence-corrected chi connectivity index (χ1v) is 3.73. The number of carbonyl (C=O) groups excluding carboxylic acids is 3. The fraction of sp³-hybridized carbons (Fsp3) is 0.571. The van der Waals surface area contributed by atoms with Crippen molar-refractivity contribution in [2.75, 3.05) is 0 Å². The largest absolute Gasteiger partial charge is 0.544 e. The van der Waals surface area contributed by atoms with Gasteiger partial charge in [0.15, 0.2) is 5.78 Å². The number of hydrogen-bond donors (Lipinski definition) is 1. The lowest BCUT2D eigenvalue weighted by molar-refractivity contribution is -0.438. The van der Waals surface area contributed by atoms with E-state index >= 15 is 0 Å². The number of Topliss-reactive ketones (excluding diaryl/α,β-unsaturated/α-hetero) is 1. The van der Waals surface area contributed by atoms with Gasteiger partial charge in [-0.3, -0.25) is 4.79 Å². The van der Waals surface area contributed by atoms with Crippen LogP contribution in [-0.4, -0.2) is 23.8 Å². The zero-order chi connectivity index (χ0) is 10.4. The van der Waals surface area contributed by atoms with Gasteiger partial charge in [0.25, 0.3) is 0 Å². The normalized spacial score (nSPS) is 12.1. The number of rotatable bonds is 6. The summed E-state index contributed by atoms with van der Waals surface area (Å²) in [6, 6.07) is -0.908. The number of hydrogen-bond acceptors (Lipinski definition) is 5. The molecule has 0 fully saturated rings. The quantitative estimate of drug-likeness (QED) is 0.423. The first-order valence-electron chi connectivity index (χ1n) is 3.73. The molecule has 0 aliphatic carbocycles. The zero-order valence-corrected chi connectivity index (χ0v) is 6.95. The SMILES string of the molecule is [NH3+]C(CCCC(=O)C(=O)[O-])C(=O)[O-]. The van der Waals surface area contributed by atoms with Crippen LogP contribution in [0.5, 0.6) is 0 Å². The van der Waals surface area contributed by atoms with E-state index in [2.05, 4.69) is 5.73 Å². The van der Waals surface area contributed by atoms with Gasteiger partial charge in [0.1, 0.15) is 12.0 Å². The van der Waals surface area contributed by atoms with Gasteiger partial charge in [-0.2, -0.15) is 0 Å². The molecule has 0 aliphatic rings. The Kier molecular flexibility index (Phi) is 4.68. The topological polar surface area (TPSA) is 125 Å². The van der Waals surface area contributed by atoms with Crippen molar-refractivity contribution in [1.82, 2.24) is 0 Å². The molecule has 74 valence electrons. The summed E-state index contributed by atoms with van der Waals surface area (Å²) in [5.74, 6) is -4.07. The van der Waals surface area contributed by atoms with Crippen LogP contribution in [-0.2, 0) is 14.4 Å². The van der Waals surface area contributed by atoms with Crippen LogP contribution < -0.4 is 15.9 Å². The number of carboxylic acids is 2. The third kappa shape index (κ3) is 4.91. The van der Waals surface area contributed by atoms with E-state index in [1.807, 2.05) is 0 Å². The summed E-state index contributed by atoms with van der Waals surface area (Å²) in [6.45, 7) is 0. The van der Waals surface area contributed by atoms with E-state index in [0.717, 1.165) is 0 Å². The first kappa shape index (κ1) is 11.6. The van der Waals surface area contributed by atoms with E-state index in [1.165, 1.54) is 0 Å². The van der Waals surface area contributed by atoms with E-state index in [9.17, 15) is 24.6 Å². The van der Waals surface area contributed by atoms with E-state index in [1.54, 1.807) is 0 Å². The van der Waals surface area contributed by atoms with Gasteiger partial charge in [-0.15, -0.1) is 0 Å². The van der Waals surface area contributed by atoms with Gasteiger partial charge in [-0.25, -0.2) is 0 Å². The van der Waals surface area contributed by atoms with Crippen LogP contribution in [0.1, 0.15) is 19.3 Å².